The predicted molar refractivity (Wildman–Crippen MR) is 152 cm³/mol. The highest BCUT2D eigenvalue weighted by Gasteiger charge is 2.40. The van der Waals surface area contributed by atoms with Crippen LogP contribution in [0.1, 0.15) is 54.0 Å². The minimum Gasteiger partial charge on any atom is -0.488 e. The molecule has 4 aromatic rings. The van der Waals surface area contributed by atoms with E-state index >= 15 is 0 Å². The third kappa shape index (κ3) is 5.96. The summed E-state index contributed by atoms with van der Waals surface area (Å²) in [6.07, 6.45) is -5.62. The van der Waals surface area contributed by atoms with Crippen molar-refractivity contribution in [2.75, 3.05) is 13.2 Å². The number of aryl methyl sites for hydroxylation is 2. The summed E-state index contributed by atoms with van der Waals surface area (Å²) in [6.45, 7) is 5.26. The van der Waals surface area contributed by atoms with Gasteiger partial charge in [-0.05, 0) is 61.2 Å². The second kappa shape index (κ2) is 11.6. The van der Waals surface area contributed by atoms with Crippen molar-refractivity contribution in [3.05, 3.63) is 82.4 Å². The summed E-state index contributed by atoms with van der Waals surface area (Å²) in [4.78, 5) is 12.8. The monoisotopic (exact) mass is 616 g/mol. The fraction of sp³-hybridized carbons (Fsp3) is 0.367. The van der Waals surface area contributed by atoms with Crippen molar-refractivity contribution >= 4 is 27.0 Å². The molecule has 0 spiro atoms. The van der Waals surface area contributed by atoms with Crippen LogP contribution in [0.3, 0.4) is 0 Å². The van der Waals surface area contributed by atoms with Gasteiger partial charge in [-0.1, -0.05) is 41.6 Å². The van der Waals surface area contributed by atoms with E-state index in [0.29, 0.717) is 11.1 Å². The molecule has 0 fully saturated rings. The molecule has 1 aromatic heterocycles. The van der Waals surface area contributed by atoms with Crippen LogP contribution in [0, 0.1) is 6.92 Å². The molecule has 5 rings (SSSR count). The number of rotatable bonds is 7. The molecule has 0 aliphatic carbocycles. The minimum absolute atomic E-state index is 0.0421. The van der Waals surface area contributed by atoms with Gasteiger partial charge < -0.3 is 9.47 Å². The minimum atomic E-state index is -4.80. The lowest BCUT2D eigenvalue weighted by Crippen LogP contribution is -2.35. The molecule has 2 heterocycles. The van der Waals surface area contributed by atoms with Gasteiger partial charge in [-0.2, -0.15) is 17.5 Å². The van der Waals surface area contributed by atoms with Crippen LogP contribution in [0.5, 0.6) is 5.75 Å². The van der Waals surface area contributed by atoms with E-state index in [1.165, 1.54) is 34.2 Å². The Labute approximate surface area is 247 Å². The molecule has 0 radical (unpaired) electrons. The molecule has 0 bridgehead atoms. The Morgan fingerprint density at radius 1 is 1.16 bits per heavy atom. The standard InChI is InChI=1S/C30H31F3N4O5S/c1-5-41-27(38)15-23(22-12-13-24-29(34-35-36(24)4)28(22)30(31,32)33)20-11-10-18(2)21(14-20)17-37-16-19(3)42-25-8-6-7-9-26(25)43(37,39)40/h6-14,19,23H,5,15-17H2,1-4H3/t19-,23?/m1/s1. The highest BCUT2D eigenvalue weighted by atomic mass is 32.2. The molecule has 0 amide bonds. The van der Waals surface area contributed by atoms with Crippen LogP contribution >= 0.6 is 0 Å². The zero-order valence-electron chi connectivity index (χ0n) is 24.1. The maximum atomic E-state index is 14.6. The summed E-state index contributed by atoms with van der Waals surface area (Å²) in [7, 11) is -2.46. The van der Waals surface area contributed by atoms with Crippen molar-refractivity contribution in [1.29, 1.82) is 0 Å². The summed E-state index contributed by atoms with van der Waals surface area (Å²) in [5.41, 5.74) is 0.458. The number of benzene rings is 3. The number of ether oxygens (including phenoxy) is 2. The summed E-state index contributed by atoms with van der Waals surface area (Å²) in [5.74, 6) is -1.47. The molecular formula is C30H31F3N4O5S. The first-order chi connectivity index (χ1) is 20.3. The third-order valence-corrected chi connectivity index (χ3v) is 9.38. The number of halogens is 3. The van der Waals surface area contributed by atoms with Crippen LogP contribution in [0.2, 0.25) is 0 Å². The number of para-hydroxylation sites is 1. The maximum Gasteiger partial charge on any atom is 0.418 e. The SMILES string of the molecule is CCOC(=O)CC(c1ccc(C)c(CN2C[C@@H](C)Oc3ccccc3S2(=O)=O)c1)c1ccc2c(nnn2C)c1C(F)(F)F. The smallest absolute Gasteiger partial charge is 0.418 e. The predicted octanol–water partition coefficient (Wildman–Crippen LogP) is 5.35. The second-order valence-corrected chi connectivity index (χ2v) is 12.4. The van der Waals surface area contributed by atoms with Gasteiger partial charge in [-0.25, -0.2) is 13.1 Å². The zero-order chi connectivity index (χ0) is 31.1. The molecule has 2 atom stereocenters. The van der Waals surface area contributed by atoms with Gasteiger partial charge in [-0.3, -0.25) is 4.79 Å². The van der Waals surface area contributed by atoms with Crippen molar-refractivity contribution < 1.29 is 35.9 Å². The Bertz CT molecular complexity index is 1790. The van der Waals surface area contributed by atoms with Crippen LogP contribution < -0.4 is 4.74 Å². The number of alkyl halides is 3. The van der Waals surface area contributed by atoms with Crippen molar-refractivity contribution in [2.45, 2.75) is 56.8 Å². The van der Waals surface area contributed by atoms with Crippen LogP contribution in [-0.2, 0) is 39.3 Å². The van der Waals surface area contributed by atoms with E-state index in [1.807, 2.05) is 0 Å². The largest absolute Gasteiger partial charge is 0.488 e. The van der Waals surface area contributed by atoms with Gasteiger partial charge in [0.05, 0.1) is 30.7 Å². The average Bonchev–Trinajstić information content (AvgIpc) is 3.28. The van der Waals surface area contributed by atoms with Crippen LogP contribution in [0.25, 0.3) is 11.0 Å². The summed E-state index contributed by atoms with van der Waals surface area (Å²) in [6, 6.07) is 14.3. The molecule has 228 valence electrons. The lowest BCUT2D eigenvalue weighted by atomic mass is 9.83. The van der Waals surface area contributed by atoms with E-state index in [0.717, 1.165) is 5.56 Å². The number of sulfonamides is 1. The number of hydrogen-bond acceptors (Lipinski definition) is 7. The van der Waals surface area contributed by atoms with E-state index in [2.05, 4.69) is 10.3 Å². The van der Waals surface area contributed by atoms with Gasteiger partial charge in [0.1, 0.15) is 22.3 Å². The van der Waals surface area contributed by atoms with Gasteiger partial charge in [-0.15, -0.1) is 5.10 Å². The molecule has 1 aliphatic rings. The normalized spacial score (nSPS) is 17.6. The fourth-order valence-electron chi connectivity index (χ4n) is 5.46. The summed E-state index contributed by atoms with van der Waals surface area (Å²) >= 11 is 0. The maximum absolute atomic E-state index is 14.6. The van der Waals surface area contributed by atoms with Crippen molar-refractivity contribution in [3.63, 3.8) is 0 Å². The number of aromatic nitrogens is 3. The molecule has 0 saturated heterocycles. The Hall–Kier alpha value is -3.97. The highest BCUT2D eigenvalue weighted by Crippen LogP contribution is 2.43. The molecule has 0 N–H and O–H groups in total. The fourth-order valence-corrected chi connectivity index (χ4v) is 7.07. The molecule has 1 aliphatic heterocycles. The average molecular weight is 617 g/mol. The van der Waals surface area contributed by atoms with E-state index in [4.69, 9.17) is 9.47 Å². The van der Waals surface area contributed by atoms with E-state index in [1.54, 1.807) is 57.2 Å². The molecule has 3 aromatic carbocycles. The Kier molecular flexibility index (Phi) is 8.23. The number of carbonyl (C=O) groups is 1. The van der Waals surface area contributed by atoms with Gasteiger partial charge >= 0.3 is 12.1 Å². The number of nitrogens with zero attached hydrogens (tertiary/aromatic N) is 4. The van der Waals surface area contributed by atoms with Crippen LogP contribution in [0.15, 0.2) is 59.5 Å². The van der Waals surface area contributed by atoms with Gasteiger partial charge in [0, 0.05) is 19.5 Å². The summed E-state index contributed by atoms with van der Waals surface area (Å²) in [5, 5.41) is 7.56. The van der Waals surface area contributed by atoms with E-state index < -0.39 is 39.8 Å². The topological polar surface area (TPSA) is 104 Å². The molecular weight excluding hydrogens is 585 g/mol. The van der Waals surface area contributed by atoms with Crippen LogP contribution in [0.4, 0.5) is 13.2 Å². The first-order valence-electron chi connectivity index (χ1n) is 13.7. The van der Waals surface area contributed by atoms with Gasteiger partial charge in [0.15, 0.2) is 0 Å². The lowest BCUT2D eigenvalue weighted by molar-refractivity contribution is -0.144. The number of fused-ring (bicyclic) bond motifs is 2. The second-order valence-electron chi connectivity index (χ2n) is 10.5. The quantitative estimate of drug-likeness (QED) is 0.258. The van der Waals surface area contributed by atoms with E-state index in [9.17, 15) is 26.4 Å². The Morgan fingerprint density at radius 2 is 1.91 bits per heavy atom. The molecule has 43 heavy (non-hydrogen) atoms. The van der Waals surface area contributed by atoms with Crippen molar-refractivity contribution in [1.82, 2.24) is 19.3 Å². The molecule has 0 saturated carbocycles. The molecule has 9 nitrogen and oxygen atoms in total. The van der Waals surface area contributed by atoms with Crippen molar-refractivity contribution in [3.8, 4) is 5.75 Å². The Balaban J connectivity index is 1.62. The lowest BCUT2D eigenvalue weighted by Gasteiger charge is -2.25. The number of hydrogen-bond donors (Lipinski definition) is 0. The number of carbonyl (C=O) groups excluding carboxylic acids is 1. The van der Waals surface area contributed by atoms with Gasteiger partial charge in [0.2, 0.25) is 10.0 Å². The molecule has 13 heteroatoms. The zero-order valence-corrected chi connectivity index (χ0v) is 24.9. The summed E-state index contributed by atoms with van der Waals surface area (Å²) < 4.78 is 84.7. The number of esters is 1. The first kappa shape index (κ1) is 30.5. The van der Waals surface area contributed by atoms with E-state index in [-0.39, 0.29) is 53.4 Å². The highest BCUT2D eigenvalue weighted by molar-refractivity contribution is 7.89. The molecule has 1 unspecified atom stereocenters. The van der Waals surface area contributed by atoms with Crippen molar-refractivity contribution in [2.24, 2.45) is 7.05 Å². The van der Waals surface area contributed by atoms with Crippen LogP contribution in [-0.4, -0.2) is 52.9 Å². The van der Waals surface area contributed by atoms with Gasteiger partial charge in [0.25, 0.3) is 0 Å². The third-order valence-electron chi connectivity index (χ3n) is 7.53. The Morgan fingerprint density at radius 3 is 2.63 bits per heavy atom. The first-order valence-corrected chi connectivity index (χ1v) is 15.2.